The molecule has 0 spiro atoms. The smallest absolute Gasteiger partial charge is 0.125 e. The standard InChI is InChI=1S/C14H18ClFN2/c1-2-3-4-5-6-7-18-14-11(10-17-18)8-12(16)9-13(14)15/h8-10H,2-7H2,1H3. The molecule has 0 aliphatic carbocycles. The van der Waals surface area contributed by atoms with E-state index in [4.69, 9.17) is 11.6 Å². The average Bonchev–Trinajstić information content (AvgIpc) is 2.72. The third kappa shape index (κ3) is 3.02. The van der Waals surface area contributed by atoms with Crippen molar-refractivity contribution in [1.82, 2.24) is 9.78 Å². The van der Waals surface area contributed by atoms with Crippen LogP contribution in [0.25, 0.3) is 10.9 Å². The topological polar surface area (TPSA) is 17.8 Å². The summed E-state index contributed by atoms with van der Waals surface area (Å²) in [5, 5.41) is 5.49. The Hall–Kier alpha value is -1.09. The fourth-order valence-corrected chi connectivity index (χ4v) is 2.49. The predicted octanol–water partition coefficient (Wildman–Crippen LogP) is 4.80. The summed E-state index contributed by atoms with van der Waals surface area (Å²) in [5.41, 5.74) is 0.841. The molecule has 18 heavy (non-hydrogen) atoms. The van der Waals surface area contributed by atoms with Crippen molar-refractivity contribution in [2.75, 3.05) is 0 Å². The largest absolute Gasteiger partial charge is 0.263 e. The maximum absolute atomic E-state index is 13.2. The highest BCUT2D eigenvalue weighted by molar-refractivity contribution is 6.35. The first-order valence-electron chi connectivity index (χ1n) is 6.53. The highest BCUT2D eigenvalue weighted by Crippen LogP contribution is 2.25. The van der Waals surface area contributed by atoms with Crippen molar-refractivity contribution in [3.63, 3.8) is 0 Å². The summed E-state index contributed by atoms with van der Waals surface area (Å²) in [6.07, 6.45) is 7.76. The lowest BCUT2D eigenvalue weighted by atomic mass is 10.1. The second-order valence-corrected chi connectivity index (χ2v) is 5.01. The van der Waals surface area contributed by atoms with Gasteiger partial charge in [0.1, 0.15) is 5.82 Å². The van der Waals surface area contributed by atoms with Crippen LogP contribution in [0.15, 0.2) is 18.3 Å². The summed E-state index contributed by atoms with van der Waals surface area (Å²) < 4.78 is 15.1. The zero-order chi connectivity index (χ0) is 13.0. The van der Waals surface area contributed by atoms with Gasteiger partial charge in [-0.2, -0.15) is 5.10 Å². The van der Waals surface area contributed by atoms with Crippen LogP contribution < -0.4 is 0 Å². The zero-order valence-electron chi connectivity index (χ0n) is 10.6. The number of hydrogen-bond acceptors (Lipinski definition) is 1. The number of aromatic nitrogens is 2. The first kappa shape index (κ1) is 13.3. The highest BCUT2D eigenvalue weighted by atomic mass is 35.5. The minimum atomic E-state index is -0.310. The van der Waals surface area contributed by atoms with Gasteiger partial charge in [0.15, 0.2) is 0 Å². The van der Waals surface area contributed by atoms with E-state index in [1.165, 1.54) is 37.8 Å². The highest BCUT2D eigenvalue weighted by Gasteiger charge is 2.08. The van der Waals surface area contributed by atoms with Crippen LogP contribution in [0.4, 0.5) is 4.39 Å². The number of hydrogen-bond donors (Lipinski definition) is 0. The van der Waals surface area contributed by atoms with Gasteiger partial charge in [-0.1, -0.05) is 44.2 Å². The van der Waals surface area contributed by atoms with E-state index in [0.717, 1.165) is 23.9 Å². The fraction of sp³-hybridized carbons (Fsp3) is 0.500. The Bertz CT molecular complexity index is 522. The molecule has 4 heteroatoms. The average molecular weight is 269 g/mol. The van der Waals surface area contributed by atoms with E-state index in [2.05, 4.69) is 12.0 Å². The molecule has 1 aromatic heterocycles. The molecule has 2 nitrogen and oxygen atoms in total. The summed E-state index contributed by atoms with van der Waals surface area (Å²) in [6, 6.07) is 2.82. The van der Waals surface area contributed by atoms with Crippen LogP contribution >= 0.6 is 11.6 Å². The Kier molecular flexibility index (Phi) is 4.59. The van der Waals surface area contributed by atoms with E-state index in [1.54, 1.807) is 6.20 Å². The van der Waals surface area contributed by atoms with Crippen molar-refractivity contribution in [1.29, 1.82) is 0 Å². The number of benzene rings is 1. The molecular formula is C14H18ClFN2. The molecule has 1 aromatic carbocycles. The van der Waals surface area contributed by atoms with Gasteiger partial charge in [-0.05, 0) is 18.6 Å². The Morgan fingerprint density at radius 1 is 1.22 bits per heavy atom. The van der Waals surface area contributed by atoms with E-state index in [0.29, 0.717) is 5.02 Å². The lowest BCUT2D eigenvalue weighted by molar-refractivity contribution is 0.544. The van der Waals surface area contributed by atoms with E-state index < -0.39 is 0 Å². The van der Waals surface area contributed by atoms with Crippen LogP contribution in [0, 0.1) is 5.82 Å². The molecule has 0 aliphatic heterocycles. The van der Waals surface area contributed by atoms with Gasteiger partial charge in [0.2, 0.25) is 0 Å². The van der Waals surface area contributed by atoms with Gasteiger partial charge < -0.3 is 0 Å². The monoisotopic (exact) mass is 268 g/mol. The molecule has 2 aromatic rings. The molecule has 0 unspecified atom stereocenters. The molecular weight excluding hydrogens is 251 g/mol. The summed E-state index contributed by atoms with van der Waals surface area (Å²) in [7, 11) is 0. The predicted molar refractivity (Wildman–Crippen MR) is 73.5 cm³/mol. The number of aryl methyl sites for hydroxylation is 1. The number of rotatable bonds is 6. The molecule has 0 radical (unpaired) electrons. The van der Waals surface area contributed by atoms with Crippen molar-refractivity contribution in [2.24, 2.45) is 0 Å². The molecule has 0 saturated carbocycles. The van der Waals surface area contributed by atoms with Crippen molar-refractivity contribution in [2.45, 2.75) is 45.6 Å². The van der Waals surface area contributed by atoms with Crippen LogP contribution in [0.3, 0.4) is 0 Å². The second kappa shape index (κ2) is 6.19. The van der Waals surface area contributed by atoms with Crippen LogP contribution in [0.2, 0.25) is 5.02 Å². The lowest BCUT2D eigenvalue weighted by Gasteiger charge is -2.05. The van der Waals surface area contributed by atoms with Gasteiger partial charge in [0, 0.05) is 11.9 Å². The van der Waals surface area contributed by atoms with E-state index >= 15 is 0 Å². The maximum Gasteiger partial charge on any atom is 0.125 e. The normalized spacial score (nSPS) is 11.3. The second-order valence-electron chi connectivity index (χ2n) is 4.61. The van der Waals surface area contributed by atoms with Crippen molar-refractivity contribution in [3.8, 4) is 0 Å². The maximum atomic E-state index is 13.2. The molecule has 0 amide bonds. The summed E-state index contributed by atoms with van der Waals surface area (Å²) in [6.45, 7) is 3.05. The van der Waals surface area contributed by atoms with Crippen LogP contribution in [-0.2, 0) is 6.54 Å². The Labute approximate surface area is 112 Å². The first-order valence-corrected chi connectivity index (χ1v) is 6.90. The van der Waals surface area contributed by atoms with Crippen LogP contribution in [0.1, 0.15) is 39.0 Å². The molecule has 1 heterocycles. The van der Waals surface area contributed by atoms with Gasteiger partial charge in [-0.25, -0.2) is 4.39 Å². The van der Waals surface area contributed by atoms with Crippen LogP contribution in [-0.4, -0.2) is 9.78 Å². The molecule has 0 saturated heterocycles. The molecule has 0 N–H and O–H groups in total. The van der Waals surface area contributed by atoms with Gasteiger partial charge >= 0.3 is 0 Å². The third-order valence-corrected chi connectivity index (χ3v) is 3.41. The van der Waals surface area contributed by atoms with Crippen molar-refractivity contribution >= 4 is 22.5 Å². The van der Waals surface area contributed by atoms with Gasteiger partial charge in [0.05, 0.1) is 16.7 Å². The fourth-order valence-electron chi connectivity index (χ4n) is 2.18. The van der Waals surface area contributed by atoms with E-state index in [9.17, 15) is 4.39 Å². The Morgan fingerprint density at radius 2 is 2.00 bits per heavy atom. The minimum absolute atomic E-state index is 0.310. The number of nitrogens with zero attached hydrogens (tertiary/aromatic N) is 2. The van der Waals surface area contributed by atoms with Gasteiger partial charge in [-0.3, -0.25) is 4.68 Å². The minimum Gasteiger partial charge on any atom is -0.263 e. The van der Waals surface area contributed by atoms with E-state index in [1.807, 2.05) is 4.68 Å². The molecule has 0 atom stereocenters. The molecule has 0 aliphatic rings. The molecule has 2 rings (SSSR count). The van der Waals surface area contributed by atoms with E-state index in [-0.39, 0.29) is 5.82 Å². The molecule has 98 valence electrons. The summed E-state index contributed by atoms with van der Waals surface area (Å²) in [4.78, 5) is 0. The Morgan fingerprint density at radius 3 is 2.78 bits per heavy atom. The summed E-state index contributed by atoms with van der Waals surface area (Å²) in [5.74, 6) is -0.310. The number of halogens is 2. The summed E-state index contributed by atoms with van der Waals surface area (Å²) >= 11 is 6.07. The third-order valence-electron chi connectivity index (χ3n) is 3.13. The Balaban J connectivity index is 2.05. The molecule has 0 bridgehead atoms. The van der Waals surface area contributed by atoms with Crippen LogP contribution in [0.5, 0.6) is 0 Å². The molecule has 0 fully saturated rings. The number of fused-ring (bicyclic) bond motifs is 1. The SMILES string of the molecule is CCCCCCCn1ncc2cc(F)cc(Cl)c21. The number of unbranched alkanes of at least 4 members (excludes halogenated alkanes) is 4. The van der Waals surface area contributed by atoms with Gasteiger partial charge in [0.25, 0.3) is 0 Å². The first-order chi connectivity index (χ1) is 8.72. The van der Waals surface area contributed by atoms with Gasteiger partial charge in [-0.15, -0.1) is 0 Å². The van der Waals surface area contributed by atoms with Crippen molar-refractivity contribution < 1.29 is 4.39 Å². The van der Waals surface area contributed by atoms with Crippen molar-refractivity contribution in [3.05, 3.63) is 29.2 Å². The quantitative estimate of drug-likeness (QED) is 0.688. The lowest BCUT2D eigenvalue weighted by Crippen LogP contribution is -2.00. The zero-order valence-corrected chi connectivity index (χ0v) is 11.4.